The van der Waals surface area contributed by atoms with Gasteiger partial charge in [-0.15, -0.1) is 0 Å². The van der Waals surface area contributed by atoms with Crippen LogP contribution >= 0.6 is 0 Å². The van der Waals surface area contributed by atoms with Crippen LogP contribution in [0.25, 0.3) is 0 Å². The highest BCUT2D eigenvalue weighted by molar-refractivity contribution is 7.92. The molecule has 0 saturated heterocycles. The van der Waals surface area contributed by atoms with E-state index in [0.29, 0.717) is 0 Å². The number of hydrogen-bond donors (Lipinski definition) is 0. The van der Waals surface area contributed by atoms with Crippen LogP contribution in [-0.4, -0.2) is 20.7 Å². The molecule has 0 atom stereocenters. The minimum Gasteiger partial charge on any atom is -0.267 e. The molecule has 15 heavy (non-hydrogen) atoms. The third-order valence-corrected chi connectivity index (χ3v) is 3.75. The van der Waals surface area contributed by atoms with Crippen LogP contribution in [0.4, 0.5) is 5.69 Å². The Hall–Kier alpha value is -1.03. The maximum atomic E-state index is 11.6. The van der Waals surface area contributed by atoms with Gasteiger partial charge in [-0.2, -0.15) is 0 Å². The number of rotatable bonds is 3. The molecule has 0 unspecified atom stereocenters. The van der Waals surface area contributed by atoms with Gasteiger partial charge in [0.1, 0.15) is 0 Å². The van der Waals surface area contributed by atoms with Crippen molar-refractivity contribution in [3.8, 4) is 0 Å². The Morgan fingerprint density at radius 1 is 1.20 bits per heavy atom. The molecule has 0 amide bonds. The van der Waals surface area contributed by atoms with E-state index < -0.39 is 10.0 Å². The van der Waals surface area contributed by atoms with Gasteiger partial charge in [0.05, 0.1) is 11.9 Å². The van der Waals surface area contributed by atoms with Crippen LogP contribution in [0, 0.1) is 6.92 Å². The van der Waals surface area contributed by atoms with Crippen LogP contribution in [0.3, 0.4) is 0 Å². The molecule has 1 aliphatic rings. The summed E-state index contributed by atoms with van der Waals surface area (Å²) in [6, 6.07) is 7.80. The van der Waals surface area contributed by atoms with Gasteiger partial charge < -0.3 is 0 Å². The number of nitrogens with zero attached hydrogens (tertiary/aromatic N) is 1. The second-order valence-corrected chi connectivity index (χ2v) is 5.98. The average Bonchev–Trinajstić information content (AvgIpc) is 2.90. The minimum absolute atomic E-state index is 0.183. The molecule has 0 radical (unpaired) electrons. The van der Waals surface area contributed by atoms with E-state index >= 15 is 0 Å². The van der Waals surface area contributed by atoms with Gasteiger partial charge in [0, 0.05) is 6.04 Å². The summed E-state index contributed by atoms with van der Waals surface area (Å²) in [5.41, 5.74) is 1.92. The van der Waals surface area contributed by atoms with Gasteiger partial charge in [-0.1, -0.05) is 17.7 Å². The van der Waals surface area contributed by atoms with Gasteiger partial charge in [-0.25, -0.2) is 8.42 Å². The molecule has 1 aliphatic carbocycles. The van der Waals surface area contributed by atoms with Crippen molar-refractivity contribution < 1.29 is 8.42 Å². The van der Waals surface area contributed by atoms with Crippen LogP contribution < -0.4 is 4.31 Å². The lowest BCUT2D eigenvalue weighted by Crippen LogP contribution is -2.31. The quantitative estimate of drug-likeness (QED) is 0.788. The molecule has 0 N–H and O–H groups in total. The van der Waals surface area contributed by atoms with Gasteiger partial charge in [0.15, 0.2) is 0 Å². The number of anilines is 1. The summed E-state index contributed by atoms with van der Waals surface area (Å²) in [6.45, 7) is 1.99. The first-order valence-corrected chi connectivity index (χ1v) is 6.89. The van der Waals surface area contributed by atoms with Crippen molar-refractivity contribution in [1.82, 2.24) is 0 Å². The first-order chi connectivity index (χ1) is 6.98. The second-order valence-electron chi connectivity index (χ2n) is 4.13. The molecule has 0 heterocycles. The fraction of sp³-hybridized carbons (Fsp3) is 0.455. The molecule has 1 fully saturated rings. The summed E-state index contributed by atoms with van der Waals surface area (Å²) in [5.74, 6) is 0. The maximum absolute atomic E-state index is 11.6. The molecule has 0 spiro atoms. The standard InChI is InChI=1S/C11H15NO2S/c1-9-3-5-10(6-4-9)12(11-7-8-11)15(2,13)14/h3-6,11H,7-8H2,1-2H3. The zero-order chi connectivity index (χ0) is 11.1. The molecule has 1 aromatic carbocycles. The molecule has 3 nitrogen and oxygen atoms in total. The summed E-state index contributed by atoms with van der Waals surface area (Å²) < 4.78 is 24.8. The maximum Gasteiger partial charge on any atom is 0.232 e. The summed E-state index contributed by atoms with van der Waals surface area (Å²) in [6.07, 6.45) is 3.22. The summed E-state index contributed by atoms with van der Waals surface area (Å²) in [7, 11) is -3.13. The molecule has 0 bridgehead atoms. The Labute approximate surface area is 90.8 Å². The smallest absolute Gasteiger partial charge is 0.232 e. The van der Waals surface area contributed by atoms with E-state index in [-0.39, 0.29) is 6.04 Å². The summed E-state index contributed by atoms with van der Waals surface area (Å²) in [4.78, 5) is 0. The van der Waals surface area contributed by atoms with Gasteiger partial charge in [-0.05, 0) is 31.9 Å². The molecule has 1 aromatic rings. The van der Waals surface area contributed by atoms with Crippen molar-refractivity contribution in [3.05, 3.63) is 29.8 Å². The van der Waals surface area contributed by atoms with Crippen LogP contribution in [0.15, 0.2) is 24.3 Å². The Balaban J connectivity index is 2.37. The molecular weight excluding hydrogens is 210 g/mol. The zero-order valence-electron chi connectivity index (χ0n) is 8.97. The Morgan fingerprint density at radius 3 is 2.13 bits per heavy atom. The molecule has 4 heteroatoms. The van der Waals surface area contributed by atoms with E-state index in [4.69, 9.17) is 0 Å². The lowest BCUT2D eigenvalue weighted by atomic mass is 10.2. The van der Waals surface area contributed by atoms with Crippen LogP contribution in [0.2, 0.25) is 0 Å². The van der Waals surface area contributed by atoms with E-state index in [9.17, 15) is 8.42 Å². The first kappa shape index (κ1) is 10.5. The van der Waals surface area contributed by atoms with Crippen molar-refractivity contribution >= 4 is 15.7 Å². The Morgan fingerprint density at radius 2 is 1.73 bits per heavy atom. The van der Waals surface area contributed by atoms with Gasteiger partial charge in [-0.3, -0.25) is 4.31 Å². The van der Waals surface area contributed by atoms with E-state index in [2.05, 4.69) is 0 Å². The average molecular weight is 225 g/mol. The zero-order valence-corrected chi connectivity index (χ0v) is 9.79. The number of hydrogen-bond acceptors (Lipinski definition) is 2. The molecular formula is C11H15NO2S. The van der Waals surface area contributed by atoms with E-state index in [1.54, 1.807) is 0 Å². The topological polar surface area (TPSA) is 37.4 Å². The molecule has 82 valence electrons. The Kier molecular flexibility index (Phi) is 2.46. The lowest BCUT2D eigenvalue weighted by molar-refractivity contribution is 0.596. The van der Waals surface area contributed by atoms with Crippen molar-refractivity contribution in [2.45, 2.75) is 25.8 Å². The predicted molar refractivity (Wildman–Crippen MR) is 61.5 cm³/mol. The monoisotopic (exact) mass is 225 g/mol. The molecule has 1 saturated carbocycles. The lowest BCUT2D eigenvalue weighted by Gasteiger charge is -2.21. The highest BCUT2D eigenvalue weighted by Crippen LogP contribution is 2.33. The van der Waals surface area contributed by atoms with Gasteiger partial charge in [0.2, 0.25) is 10.0 Å². The van der Waals surface area contributed by atoms with Crippen molar-refractivity contribution in [2.24, 2.45) is 0 Å². The fourth-order valence-electron chi connectivity index (χ4n) is 1.67. The van der Waals surface area contributed by atoms with Gasteiger partial charge in [0.25, 0.3) is 0 Å². The van der Waals surface area contributed by atoms with Crippen molar-refractivity contribution in [2.75, 3.05) is 10.6 Å². The predicted octanol–water partition coefficient (Wildman–Crippen LogP) is 1.92. The number of benzene rings is 1. The normalized spacial score (nSPS) is 16.4. The summed E-state index contributed by atoms with van der Waals surface area (Å²) >= 11 is 0. The minimum atomic E-state index is -3.13. The number of aryl methyl sites for hydroxylation is 1. The molecule has 2 rings (SSSR count). The fourth-order valence-corrected chi connectivity index (χ4v) is 2.93. The van der Waals surface area contributed by atoms with Crippen LogP contribution in [0.5, 0.6) is 0 Å². The second kappa shape index (κ2) is 3.52. The van der Waals surface area contributed by atoms with Crippen molar-refractivity contribution in [1.29, 1.82) is 0 Å². The SMILES string of the molecule is Cc1ccc(N(C2CC2)S(C)(=O)=O)cc1. The van der Waals surface area contributed by atoms with Crippen LogP contribution in [0.1, 0.15) is 18.4 Å². The highest BCUT2D eigenvalue weighted by Gasteiger charge is 2.34. The van der Waals surface area contributed by atoms with E-state index in [0.717, 1.165) is 24.1 Å². The van der Waals surface area contributed by atoms with Gasteiger partial charge >= 0.3 is 0 Å². The largest absolute Gasteiger partial charge is 0.267 e. The third-order valence-electron chi connectivity index (χ3n) is 2.52. The number of sulfonamides is 1. The first-order valence-electron chi connectivity index (χ1n) is 5.04. The third kappa shape index (κ3) is 2.31. The summed E-state index contributed by atoms with van der Waals surface area (Å²) in [5, 5.41) is 0. The van der Waals surface area contributed by atoms with E-state index in [1.807, 2.05) is 31.2 Å². The van der Waals surface area contributed by atoms with Crippen molar-refractivity contribution in [3.63, 3.8) is 0 Å². The molecule has 0 aliphatic heterocycles. The molecule has 0 aromatic heterocycles. The van der Waals surface area contributed by atoms with Crippen LogP contribution in [-0.2, 0) is 10.0 Å². The van der Waals surface area contributed by atoms with E-state index in [1.165, 1.54) is 10.6 Å². The highest BCUT2D eigenvalue weighted by atomic mass is 32.2. The Bertz CT molecular complexity index is 446.